The van der Waals surface area contributed by atoms with E-state index < -0.39 is 0 Å². The Labute approximate surface area is 151 Å². The molecule has 1 atom stereocenters. The smallest absolute Gasteiger partial charge is 0.319 e. The maximum absolute atomic E-state index is 12.5. The van der Waals surface area contributed by atoms with Gasteiger partial charge in [-0.15, -0.1) is 0 Å². The van der Waals surface area contributed by atoms with Crippen LogP contribution in [0, 0.1) is 0 Å². The summed E-state index contributed by atoms with van der Waals surface area (Å²) >= 11 is 0. The van der Waals surface area contributed by atoms with Crippen molar-refractivity contribution in [2.45, 2.75) is 19.5 Å². The van der Waals surface area contributed by atoms with Crippen molar-refractivity contribution in [1.82, 2.24) is 20.1 Å². The first kappa shape index (κ1) is 17.3. The molecule has 3 rings (SSSR count). The largest absolute Gasteiger partial charge is 0.334 e. The highest BCUT2D eigenvalue weighted by Crippen LogP contribution is 2.15. The Hall–Kier alpha value is -3.48. The van der Waals surface area contributed by atoms with Gasteiger partial charge >= 0.3 is 6.03 Å². The minimum Gasteiger partial charge on any atom is -0.334 e. The predicted octanol–water partition coefficient (Wildman–Crippen LogP) is 2.72. The molecule has 132 valence electrons. The molecule has 1 heterocycles. The van der Waals surface area contributed by atoms with Crippen LogP contribution in [0.25, 0.3) is 0 Å². The van der Waals surface area contributed by atoms with Crippen molar-refractivity contribution in [2.75, 3.05) is 5.32 Å². The van der Waals surface area contributed by atoms with E-state index >= 15 is 0 Å². The molecule has 7 heteroatoms. The average molecular weight is 349 g/mol. The van der Waals surface area contributed by atoms with Crippen LogP contribution in [0.3, 0.4) is 0 Å². The maximum atomic E-state index is 12.5. The second kappa shape index (κ2) is 8.06. The molecule has 0 fully saturated rings. The van der Waals surface area contributed by atoms with Crippen molar-refractivity contribution in [3.8, 4) is 0 Å². The molecule has 0 aliphatic heterocycles. The SMILES string of the molecule is CC(Cn1cncn1)NC(=O)Nc1cccc(C(=O)c2ccccc2)c1. The molecule has 0 bridgehead atoms. The Morgan fingerprint density at radius 1 is 1.08 bits per heavy atom. The van der Waals surface area contributed by atoms with Crippen LogP contribution in [-0.2, 0) is 6.54 Å². The lowest BCUT2D eigenvalue weighted by Gasteiger charge is -2.14. The van der Waals surface area contributed by atoms with E-state index in [1.165, 1.54) is 6.33 Å². The molecule has 0 radical (unpaired) electrons. The van der Waals surface area contributed by atoms with Crippen LogP contribution in [-0.4, -0.2) is 32.6 Å². The molecular formula is C19H19N5O2. The summed E-state index contributed by atoms with van der Waals surface area (Å²) in [7, 11) is 0. The van der Waals surface area contributed by atoms with E-state index in [1.807, 2.05) is 25.1 Å². The fraction of sp³-hybridized carbons (Fsp3) is 0.158. The van der Waals surface area contributed by atoms with Crippen LogP contribution in [0.5, 0.6) is 0 Å². The molecule has 0 saturated heterocycles. The third-order valence-electron chi connectivity index (χ3n) is 3.72. The number of urea groups is 1. The van der Waals surface area contributed by atoms with Gasteiger partial charge in [-0.2, -0.15) is 5.10 Å². The number of amides is 2. The Kier molecular flexibility index (Phi) is 5.38. The van der Waals surface area contributed by atoms with Gasteiger partial charge in [0.15, 0.2) is 5.78 Å². The van der Waals surface area contributed by atoms with E-state index in [4.69, 9.17) is 0 Å². The number of carbonyl (C=O) groups excluding carboxylic acids is 2. The van der Waals surface area contributed by atoms with E-state index in [9.17, 15) is 9.59 Å². The van der Waals surface area contributed by atoms with Crippen molar-refractivity contribution in [3.05, 3.63) is 78.4 Å². The highest BCUT2D eigenvalue weighted by atomic mass is 16.2. The van der Waals surface area contributed by atoms with Gasteiger partial charge in [0.05, 0.1) is 6.54 Å². The van der Waals surface area contributed by atoms with Gasteiger partial charge in [0, 0.05) is 22.9 Å². The number of aromatic nitrogens is 3. The second-order valence-electron chi connectivity index (χ2n) is 5.89. The van der Waals surface area contributed by atoms with Gasteiger partial charge in [0.1, 0.15) is 12.7 Å². The standard InChI is InChI=1S/C19H19N5O2/c1-14(11-24-13-20-12-21-24)22-19(26)23-17-9-5-8-16(10-17)18(25)15-6-3-2-4-7-15/h2-10,12-14H,11H2,1H3,(H2,22,23,26). The van der Waals surface area contributed by atoms with Crippen LogP contribution in [0.1, 0.15) is 22.8 Å². The molecule has 2 N–H and O–H groups in total. The minimum absolute atomic E-state index is 0.0887. The molecule has 0 saturated carbocycles. The lowest BCUT2D eigenvalue weighted by molar-refractivity contribution is 0.103. The number of nitrogens with one attached hydrogen (secondary N) is 2. The summed E-state index contributed by atoms with van der Waals surface area (Å²) < 4.78 is 1.64. The van der Waals surface area contributed by atoms with Gasteiger partial charge in [0.25, 0.3) is 0 Å². The summed E-state index contributed by atoms with van der Waals surface area (Å²) in [6, 6.07) is 15.4. The normalized spacial score (nSPS) is 11.6. The number of ketones is 1. The van der Waals surface area contributed by atoms with Crippen molar-refractivity contribution < 1.29 is 9.59 Å². The number of anilines is 1. The number of hydrogen-bond acceptors (Lipinski definition) is 4. The molecule has 0 aliphatic rings. The summed E-state index contributed by atoms with van der Waals surface area (Å²) in [5.41, 5.74) is 1.68. The van der Waals surface area contributed by atoms with E-state index in [0.29, 0.717) is 23.4 Å². The summed E-state index contributed by atoms with van der Waals surface area (Å²) in [5, 5.41) is 9.58. The maximum Gasteiger partial charge on any atom is 0.319 e. The number of hydrogen-bond donors (Lipinski definition) is 2. The molecule has 26 heavy (non-hydrogen) atoms. The van der Waals surface area contributed by atoms with Crippen molar-refractivity contribution in [3.63, 3.8) is 0 Å². The van der Waals surface area contributed by atoms with Crippen LogP contribution < -0.4 is 10.6 Å². The first-order valence-electron chi connectivity index (χ1n) is 8.21. The zero-order valence-corrected chi connectivity index (χ0v) is 14.3. The first-order chi connectivity index (χ1) is 12.6. The molecule has 7 nitrogen and oxygen atoms in total. The monoisotopic (exact) mass is 349 g/mol. The third kappa shape index (κ3) is 4.54. The van der Waals surface area contributed by atoms with Crippen molar-refractivity contribution >= 4 is 17.5 Å². The van der Waals surface area contributed by atoms with Crippen LogP contribution in [0.4, 0.5) is 10.5 Å². The van der Waals surface area contributed by atoms with E-state index in [1.54, 1.807) is 47.4 Å². The van der Waals surface area contributed by atoms with E-state index in [2.05, 4.69) is 20.7 Å². The molecule has 0 spiro atoms. The van der Waals surface area contributed by atoms with Crippen LogP contribution in [0.15, 0.2) is 67.3 Å². The lowest BCUT2D eigenvalue weighted by atomic mass is 10.0. The highest BCUT2D eigenvalue weighted by Gasteiger charge is 2.11. The fourth-order valence-electron chi connectivity index (χ4n) is 2.54. The highest BCUT2D eigenvalue weighted by molar-refractivity contribution is 6.09. The lowest BCUT2D eigenvalue weighted by Crippen LogP contribution is -2.38. The number of benzene rings is 2. The molecule has 1 unspecified atom stereocenters. The summed E-state index contributed by atoms with van der Waals surface area (Å²) in [5.74, 6) is -0.0887. The van der Waals surface area contributed by atoms with Gasteiger partial charge < -0.3 is 10.6 Å². The zero-order chi connectivity index (χ0) is 18.4. The summed E-state index contributed by atoms with van der Waals surface area (Å²) in [4.78, 5) is 28.5. The topological polar surface area (TPSA) is 88.9 Å². The quantitative estimate of drug-likeness (QED) is 0.670. The Balaban J connectivity index is 1.61. The molecule has 3 aromatic rings. The number of rotatable bonds is 6. The first-order valence-corrected chi connectivity index (χ1v) is 8.21. The Bertz CT molecular complexity index is 878. The van der Waals surface area contributed by atoms with Crippen LogP contribution in [0.2, 0.25) is 0 Å². The van der Waals surface area contributed by atoms with Gasteiger partial charge in [-0.05, 0) is 19.1 Å². The zero-order valence-electron chi connectivity index (χ0n) is 14.3. The van der Waals surface area contributed by atoms with Crippen molar-refractivity contribution in [1.29, 1.82) is 0 Å². The molecule has 2 aromatic carbocycles. The second-order valence-corrected chi connectivity index (χ2v) is 5.89. The van der Waals surface area contributed by atoms with Gasteiger partial charge in [-0.1, -0.05) is 42.5 Å². The average Bonchev–Trinajstić information content (AvgIpc) is 3.14. The Morgan fingerprint density at radius 3 is 2.58 bits per heavy atom. The summed E-state index contributed by atoms with van der Waals surface area (Å²) in [6.07, 6.45) is 3.04. The number of nitrogens with zero attached hydrogens (tertiary/aromatic N) is 3. The van der Waals surface area contributed by atoms with Crippen LogP contribution >= 0.6 is 0 Å². The third-order valence-corrected chi connectivity index (χ3v) is 3.72. The predicted molar refractivity (Wildman–Crippen MR) is 98.0 cm³/mol. The minimum atomic E-state index is -0.345. The molecule has 1 aromatic heterocycles. The fourth-order valence-corrected chi connectivity index (χ4v) is 2.54. The molecule has 0 aliphatic carbocycles. The molecular weight excluding hydrogens is 330 g/mol. The van der Waals surface area contributed by atoms with E-state index in [0.717, 1.165) is 0 Å². The van der Waals surface area contributed by atoms with E-state index in [-0.39, 0.29) is 17.9 Å². The van der Waals surface area contributed by atoms with Crippen molar-refractivity contribution in [2.24, 2.45) is 0 Å². The number of carbonyl (C=O) groups is 2. The molecule has 2 amide bonds. The Morgan fingerprint density at radius 2 is 1.85 bits per heavy atom. The summed E-state index contributed by atoms with van der Waals surface area (Å²) in [6.45, 7) is 2.39. The van der Waals surface area contributed by atoms with Gasteiger partial charge in [0.2, 0.25) is 0 Å². The van der Waals surface area contributed by atoms with Gasteiger partial charge in [-0.25, -0.2) is 9.78 Å². The van der Waals surface area contributed by atoms with Gasteiger partial charge in [-0.3, -0.25) is 9.48 Å².